The van der Waals surface area contributed by atoms with Crippen LogP contribution in [0.2, 0.25) is 10.0 Å². The summed E-state index contributed by atoms with van der Waals surface area (Å²) < 4.78 is 5.20. The van der Waals surface area contributed by atoms with E-state index < -0.39 is 6.09 Å². The van der Waals surface area contributed by atoms with E-state index in [0.717, 1.165) is 12.0 Å². The van der Waals surface area contributed by atoms with E-state index in [1.54, 1.807) is 18.2 Å². The summed E-state index contributed by atoms with van der Waals surface area (Å²) in [6.45, 7) is 2.80. The predicted octanol–water partition coefficient (Wildman–Crippen LogP) is 5.41. The van der Waals surface area contributed by atoms with Crippen molar-refractivity contribution in [2.45, 2.75) is 25.8 Å². The van der Waals surface area contributed by atoms with Gasteiger partial charge in [-0.2, -0.15) is 0 Å². The minimum Gasteiger partial charge on any atom is -0.450 e. The summed E-state index contributed by atoms with van der Waals surface area (Å²) in [4.78, 5) is 11.7. The van der Waals surface area contributed by atoms with Gasteiger partial charge >= 0.3 is 6.09 Å². The Balaban J connectivity index is 1.71. The van der Waals surface area contributed by atoms with Gasteiger partial charge in [-0.3, -0.25) is 0 Å². The fraction of sp³-hybridized carbons (Fsp3) is 0.278. The van der Waals surface area contributed by atoms with Crippen LogP contribution in [-0.2, 0) is 11.3 Å². The molecule has 0 aliphatic carbocycles. The van der Waals surface area contributed by atoms with Crippen LogP contribution in [-0.4, -0.2) is 12.7 Å². The number of carbonyl (C=O) groups excluding carboxylic acids is 1. The number of hydrogen-bond acceptors (Lipinski definition) is 2. The Hall–Kier alpha value is -1.71. The average molecular weight is 352 g/mol. The van der Waals surface area contributed by atoms with Gasteiger partial charge in [-0.25, -0.2) is 4.79 Å². The van der Waals surface area contributed by atoms with Crippen LogP contribution in [0.3, 0.4) is 0 Å². The van der Waals surface area contributed by atoms with Crippen LogP contribution in [0.15, 0.2) is 48.5 Å². The van der Waals surface area contributed by atoms with Crippen LogP contribution in [0.5, 0.6) is 0 Å². The van der Waals surface area contributed by atoms with Gasteiger partial charge < -0.3 is 10.1 Å². The highest BCUT2D eigenvalue weighted by Gasteiger charge is 2.08. The number of ether oxygens (including phenoxy) is 1. The minimum absolute atomic E-state index is 0.309. The first-order chi connectivity index (χ1) is 11.1. The van der Waals surface area contributed by atoms with Crippen molar-refractivity contribution in [3.8, 4) is 0 Å². The predicted molar refractivity (Wildman–Crippen MR) is 94.1 cm³/mol. The molecular formula is C18H19Cl2NO2. The molecule has 23 heavy (non-hydrogen) atoms. The van der Waals surface area contributed by atoms with Gasteiger partial charge in [-0.1, -0.05) is 66.5 Å². The Morgan fingerprint density at radius 1 is 1.17 bits per heavy atom. The van der Waals surface area contributed by atoms with Crippen LogP contribution >= 0.6 is 23.2 Å². The fourth-order valence-corrected chi connectivity index (χ4v) is 2.64. The molecule has 3 nitrogen and oxygen atoms in total. The van der Waals surface area contributed by atoms with Crippen molar-refractivity contribution < 1.29 is 9.53 Å². The lowest BCUT2D eigenvalue weighted by Gasteiger charge is -2.12. The van der Waals surface area contributed by atoms with Crippen LogP contribution in [0.1, 0.15) is 30.4 Å². The summed E-state index contributed by atoms with van der Waals surface area (Å²) in [5.74, 6) is 0.342. The third-order valence-corrected chi connectivity index (χ3v) is 4.18. The van der Waals surface area contributed by atoms with E-state index in [-0.39, 0.29) is 0 Å². The van der Waals surface area contributed by atoms with E-state index >= 15 is 0 Å². The topological polar surface area (TPSA) is 38.3 Å². The third-order valence-electron chi connectivity index (χ3n) is 3.59. The number of hydrogen-bond donors (Lipinski definition) is 1. The summed E-state index contributed by atoms with van der Waals surface area (Å²) in [5.41, 5.74) is 2.04. The van der Waals surface area contributed by atoms with E-state index in [9.17, 15) is 4.79 Å². The number of benzene rings is 2. The first-order valence-corrected chi connectivity index (χ1v) is 8.21. The van der Waals surface area contributed by atoms with Crippen LogP contribution < -0.4 is 5.32 Å². The molecule has 0 radical (unpaired) electrons. The quantitative estimate of drug-likeness (QED) is 0.755. The molecule has 2 aromatic rings. The molecule has 0 saturated carbocycles. The summed E-state index contributed by atoms with van der Waals surface area (Å²) >= 11 is 11.9. The molecule has 1 N–H and O–H groups in total. The summed E-state index contributed by atoms with van der Waals surface area (Å²) in [7, 11) is 0. The summed E-state index contributed by atoms with van der Waals surface area (Å²) in [5, 5.41) is 3.77. The Bertz CT molecular complexity index is 647. The Morgan fingerprint density at radius 3 is 2.61 bits per heavy atom. The van der Waals surface area contributed by atoms with Crippen molar-refractivity contribution >= 4 is 29.3 Å². The smallest absolute Gasteiger partial charge is 0.407 e. The first kappa shape index (κ1) is 17.6. The molecule has 0 fully saturated rings. The zero-order valence-electron chi connectivity index (χ0n) is 12.9. The molecule has 0 aliphatic rings. The Morgan fingerprint density at radius 2 is 1.91 bits per heavy atom. The zero-order valence-corrected chi connectivity index (χ0v) is 14.4. The number of amides is 1. The Labute approximate surface area is 146 Å². The number of carbonyl (C=O) groups is 1. The molecule has 0 saturated heterocycles. The molecule has 1 atom stereocenters. The largest absolute Gasteiger partial charge is 0.450 e. The van der Waals surface area contributed by atoms with Crippen LogP contribution in [0, 0.1) is 0 Å². The SMILES string of the molecule is CC(CCOC(=O)NCc1ccc(Cl)cc1Cl)c1ccccc1. The van der Waals surface area contributed by atoms with Crippen molar-refractivity contribution in [1.29, 1.82) is 0 Å². The van der Waals surface area contributed by atoms with Crippen molar-refractivity contribution in [3.05, 3.63) is 69.7 Å². The number of halogens is 2. The van der Waals surface area contributed by atoms with Crippen LogP contribution in [0.25, 0.3) is 0 Å². The van der Waals surface area contributed by atoms with E-state index in [2.05, 4.69) is 24.4 Å². The second kappa shape index (κ2) is 8.80. The number of alkyl carbamates (subject to hydrolysis) is 1. The van der Waals surface area contributed by atoms with Gasteiger partial charge in [0.25, 0.3) is 0 Å². The molecule has 5 heteroatoms. The molecule has 1 unspecified atom stereocenters. The van der Waals surface area contributed by atoms with Gasteiger partial charge in [0.05, 0.1) is 6.61 Å². The maximum atomic E-state index is 11.7. The third kappa shape index (κ3) is 5.77. The first-order valence-electron chi connectivity index (χ1n) is 7.45. The van der Waals surface area contributed by atoms with Gasteiger partial charge in [0.2, 0.25) is 0 Å². The lowest BCUT2D eigenvalue weighted by molar-refractivity contribution is 0.142. The molecule has 0 spiro atoms. The number of nitrogens with one attached hydrogen (secondary N) is 1. The van der Waals surface area contributed by atoms with Gasteiger partial charge in [-0.15, -0.1) is 0 Å². The van der Waals surface area contributed by atoms with Crippen LogP contribution in [0.4, 0.5) is 4.79 Å². The van der Waals surface area contributed by atoms with Crippen molar-refractivity contribution in [2.24, 2.45) is 0 Å². The molecule has 0 bridgehead atoms. The standard InChI is InChI=1S/C18H19Cl2NO2/c1-13(14-5-3-2-4-6-14)9-10-23-18(22)21-12-15-7-8-16(19)11-17(15)20/h2-8,11,13H,9-10,12H2,1H3,(H,21,22). The van der Waals surface area contributed by atoms with Gasteiger partial charge in [0.15, 0.2) is 0 Å². The van der Waals surface area contributed by atoms with Crippen molar-refractivity contribution in [2.75, 3.05) is 6.61 Å². The van der Waals surface area contributed by atoms with Gasteiger partial charge in [0, 0.05) is 16.6 Å². The maximum Gasteiger partial charge on any atom is 0.407 e. The number of rotatable bonds is 6. The molecule has 0 aromatic heterocycles. The molecule has 2 rings (SSSR count). The zero-order chi connectivity index (χ0) is 16.7. The normalized spacial score (nSPS) is 11.8. The van der Waals surface area contributed by atoms with Crippen molar-refractivity contribution in [3.63, 3.8) is 0 Å². The highest BCUT2D eigenvalue weighted by molar-refractivity contribution is 6.35. The lowest BCUT2D eigenvalue weighted by Crippen LogP contribution is -2.24. The van der Waals surface area contributed by atoms with E-state index in [0.29, 0.717) is 29.1 Å². The van der Waals surface area contributed by atoms with E-state index in [1.165, 1.54) is 5.56 Å². The highest BCUT2D eigenvalue weighted by atomic mass is 35.5. The summed E-state index contributed by atoms with van der Waals surface area (Å²) in [6.07, 6.45) is 0.329. The highest BCUT2D eigenvalue weighted by Crippen LogP contribution is 2.21. The van der Waals surface area contributed by atoms with E-state index in [4.69, 9.17) is 27.9 Å². The molecule has 0 aliphatic heterocycles. The van der Waals surface area contributed by atoms with E-state index in [1.807, 2.05) is 18.2 Å². The monoisotopic (exact) mass is 351 g/mol. The molecule has 122 valence electrons. The Kier molecular flexibility index (Phi) is 6.75. The maximum absolute atomic E-state index is 11.7. The minimum atomic E-state index is -0.448. The lowest BCUT2D eigenvalue weighted by atomic mass is 9.98. The molecular weight excluding hydrogens is 333 g/mol. The van der Waals surface area contributed by atoms with Crippen molar-refractivity contribution in [1.82, 2.24) is 5.32 Å². The summed E-state index contributed by atoms with van der Waals surface area (Å²) in [6, 6.07) is 15.3. The van der Waals surface area contributed by atoms with Gasteiger partial charge in [-0.05, 0) is 35.6 Å². The van der Waals surface area contributed by atoms with Gasteiger partial charge in [0.1, 0.15) is 0 Å². The second-order valence-electron chi connectivity index (χ2n) is 5.33. The molecule has 1 amide bonds. The fourth-order valence-electron chi connectivity index (χ4n) is 2.16. The average Bonchev–Trinajstić information content (AvgIpc) is 2.54. The molecule has 0 heterocycles. The second-order valence-corrected chi connectivity index (χ2v) is 6.17. The molecule has 2 aromatic carbocycles.